The molecule has 2 heterocycles. The first-order valence-corrected chi connectivity index (χ1v) is 6.83. The van der Waals surface area contributed by atoms with E-state index in [0.29, 0.717) is 18.8 Å². The van der Waals surface area contributed by atoms with Gasteiger partial charge in [0.2, 0.25) is 5.91 Å². The maximum Gasteiger partial charge on any atom is 0.232 e. The standard InChI is InChI=1S/C16H15N3O2/c1-2-16(20)19(15-5-3-4-8-18-15)12-6-7-14-13(11-12)17-9-10-21-14/h3-9,11H,2,10H2,1H3. The average Bonchev–Trinajstić information content (AvgIpc) is 2.56. The van der Waals surface area contributed by atoms with Gasteiger partial charge in [-0.05, 0) is 30.3 Å². The molecule has 1 aromatic heterocycles. The second-order valence-corrected chi connectivity index (χ2v) is 4.55. The van der Waals surface area contributed by atoms with E-state index in [2.05, 4.69) is 9.98 Å². The number of amides is 1. The number of rotatable bonds is 3. The minimum absolute atomic E-state index is 0.0191. The van der Waals surface area contributed by atoms with E-state index in [1.165, 1.54) is 0 Å². The summed E-state index contributed by atoms with van der Waals surface area (Å²) in [6, 6.07) is 11.0. The van der Waals surface area contributed by atoms with Crippen molar-refractivity contribution in [2.45, 2.75) is 13.3 Å². The molecule has 0 radical (unpaired) electrons. The van der Waals surface area contributed by atoms with E-state index >= 15 is 0 Å². The molecule has 106 valence electrons. The van der Waals surface area contributed by atoms with Crippen molar-refractivity contribution < 1.29 is 9.53 Å². The lowest BCUT2D eigenvalue weighted by Gasteiger charge is -2.22. The molecule has 0 saturated heterocycles. The number of hydrogen-bond acceptors (Lipinski definition) is 4. The fourth-order valence-electron chi connectivity index (χ4n) is 2.18. The van der Waals surface area contributed by atoms with E-state index < -0.39 is 0 Å². The predicted octanol–water partition coefficient (Wildman–Crippen LogP) is 3.25. The first kappa shape index (κ1) is 13.3. The molecule has 2 aromatic rings. The van der Waals surface area contributed by atoms with Crippen LogP contribution in [-0.2, 0) is 4.79 Å². The van der Waals surface area contributed by atoms with Crippen LogP contribution >= 0.6 is 0 Å². The molecule has 1 aromatic carbocycles. The second kappa shape index (κ2) is 5.75. The first-order valence-electron chi connectivity index (χ1n) is 6.83. The minimum Gasteiger partial charge on any atom is -0.486 e. The van der Waals surface area contributed by atoms with Crippen molar-refractivity contribution >= 4 is 29.3 Å². The Balaban J connectivity index is 2.05. The number of ether oxygens (including phenoxy) is 1. The number of anilines is 2. The zero-order chi connectivity index (χ0) is 14.7. The van der Waals surface area contributed by atoms with Gasteiger partial charge in [-0.15, -0.1) is 0 Å². The molecule has 0 atom stereocenters. The maximum atomic E-state index is 12.3. The largest absolute Gasteiger partial charge is 0.486 e. The average molecular weight is 281 g/mol. The maximum absolute atomic E-state index is 12.3. The third-order valence-electron chi connectivity index (χ3n) is 3.17. The quantitative estimate of drug-likeness (QED) is 0.867. The minimum atomic E-state index is -0.0191. The number of pyridine rings is 1. The van der Waals surface area contributed by atoms with Crippen molar-refractivity contribution in [3.63, 3.8) is 0 Å². The molecule has 5 heteroatoms. The number of aromatic nitrogens is 1. The van der Waals surface area contributed by atoms with Gasteiger partial charge >= 0.3 is 0 Å². The molecular formula is C16H15N3O2. The monoisotopic (exact) mass is 281 g/mol. The first-order chi connectivity index (χ1) is 10.3. The third-order valence-corrected chi connectivity index (χ3v) is 3.17. The smallest absolute Gasteiger partial charge is 0.232 e. The zero-order valence-electron chi connectivity index (χ0n) is 11.7. The number of benzene rings is 1. The molecule has 21 heavy (non-hydrogen) atoms. The van der Waals surface area contributed by atoms with E-state index in [-0.39, 0.29) is 5.91 Å². The van der Waals surface area contributed by atoms with E-state index in [0.717, 1.165) is 17.1 Å². The Morgan fingerprint density at radius 2 is 2.24 bits per heavy atom. The summed E-state index contributed by atoms with van der Waals surface area (Å²) >= 11 is 0. The van der Waals surface area contributed by atoms with Gasteiger partial charge in [-0.1, -0.05) is 13.0 Å². The van der Waals surface area contributed by atoms with Crippen molar-refractivity contribution in [2.75, 3.05) is 11.5 Å². The number of fused-ring (bicyclic) bond motifs is 1. The summed E-state index contributed by atoms with van der Waals surface area (Å²) in [6.07, 6.45) is 3.78. The van der Waals surface area contributed by atoms with Crippen LogP contribution in [0.5, 0.6) is 5.75 Å². The van der Waals surface area contributed by atoms with Crippen LogP contribution in [-0.4, -0.2) is 23.7 Å². The Kier molecular flexibility index (Phi) is 3.64. The fourth-order valence-corrected chi connectivity index (χ4v) is 2.18. The van der Waals surface area contributed by atoms with E-state index in [1.807, 2.05) is 43.3 Å². The lowest BCUT2D eigenvalue weighted by Crippen LogP contribution is -2.25. The summed E-state index contributed by atoms with van der Waals surface area (Å²) in [5, 5.41) is 0. The number of aliphatic imine (C=N–C) groups is 1. The van der Waals surface area contributed by atoms with Gasteiger partial charge in [0.15, 0.2) is 0 Å². The van der Waals surface area contributed by atoms with Crippen LogP contribution in [0.15, 0.2) is 47.6 Å². The summed E-state index contributed by atoms with van der Waals surface area (Å²) in [5.41, 5.74) is 1.46. The fraction of sp³-hybridized carbons (Fsp3) is 0.188. The van der Waals surface area contributed by atoms with Gasteiger partial charge in [-0.2, -0.15) is 0 Å². The Hall–Kier alpha value is -2.69. The van der Waals surface area contributed by atoms with Crippen LogP contribution in [0.2, 0.25) is 0 Å². The van der Waals surface area contributed by atoms with Crippen molar-refractivity contribution in [3.05, 3.63) is 42.6 Å². The zero-order valence-corrected chi connectivity index (χ0v) is 11.7. The van der Waals surface area contributed by atoms with Crippen molar-refractivity contribution in [1.82, 2.24) is 4.98 Å². The molecule has 1 aliphatic heterocycles. The van der Waals surface area contributed by atoms with E-state index in [9.17, 15) is 4.79 Å². The molecule has 0 saturated carbocycles. The summed E-state index contributed by atoms with van der Waals surface area (Å²) < 4.78 is 5.48. The number of nitrogens with zero attached hydrogens (tertiary/aromatic N) is 3. The SMILES string of the molecule is CCC(=O)N(c1ccc2c(c1)N=CCO2)c1ccccn1. The van der Waals surface area contributed by atoms with Gasteiger partial charge in [-0.3, -0.25) is 14.7 Å². The molecule has 0 N–H and O–H groups in total. The number of hydrogen-bond donors (Lipinski definition) is 0. The second-order valence-electron chi connectivity index (χ2n) is 4.55. The molecule has 0 unspecified atom stereocenters. The normalized spacial score (nSPS) is 12.4. The summed E-state index contributed by atoms with van der Waals surface area (Å²) in [7, 11) is 0. The molecule has 0 fully saturated rings. The topological polar surface area (TPSA) is 54.8 Å². The Labute approximate surface area is 122 Å². The highest BCUT2D eigenvalue weighted by Crippen LogP contribution is 2.35. The molecule has 3 rings (SSSR count). The highest BCUT2D eigenvalue weighted by molar-refractivity contribution is 6.00. The molecule has 1 amide bonds. The summed E-state index contributed by atoms with van der Waals surface area (Å²) in [4.78, 5) is 22.5. The molecule has 0 bridgehead atoms. The Morgan fingerprint density at radius 3 is 3.00 bits per heavy atom. The van der Waals surface area contributed by atoms with Crippen LogP contribution in [0.4, 0.5) is 17.2 Å². The van der Waals surface area contributed by atoms with Crippen LogP contribution < -0.4 is 9.64 Å². The lowest BCUT2D eigenvalue weighted by molar-refractivity contribution is -0.117. The van der Waals surface area contributed by atoms with Gasteiger partial charge in [0.1, 0.15) is 23.9 Å². The molecular weight excluding hydrogens is 266 g/mol. The molecule has 1 aliphatic rings. The highest BCUT2D eigenvalue weighted by atomic mass is 16.5. The summed E-state index contributed by atoms with van der Waals surface area (Å²) in [5.74, 6) is 1.31. The predicted molar refractivity (Wildman–Crippen MR) is 81.8 cm³/mol. The van der Waals surface area contributed by atoms with Crippen LogP contribution in [0.25, 0.3) is 0 Å². The molecule has 0 spiro atoms. The van der Waals surface area contributed by atoms with Crippen LogP contribution in [0.3, 0.4) is 0 Å². The number of carbonyl (C=O) groups excluding carboxylic acids is 1. The summed E-state index contributed by atoms with van der Waals surface area (Å²) in [6.45, 7) is 2.31. The Bertz CT molecular complexity index is 683. The van der Waals surface area contributed by atoms with E-state index in [1.54, 1.807) is 17.3 Å². The van der Waals surface area contributed by atoms with Crippen LogP contribution in [0.1, 0.15) is 13.3 Å². The van der Waals surface area contributed by atoms with Gasteiger partial charge in [0.25, 0.3) is 0 Å². The van der Waals surface area contributed by atoms with E-state index in [4.69, 9.17) is 4.74 Å². The van der Waals surface area contributed by atoms with Crippen molar-refractivity contribution in [2.24, 2.45) is 4.99 Å². The Morgan fingerprint density at radius 1 is 1.33 bits per heavy atom. The van der Waals surface area contributed by atoms with Gasteiger partial charge in [0.05, 0.1) is 5.69 Å². The van der Waals surface area contributed by atoms with Gasteiger partial charge in [-0.25, -0.2) is 4.98 Å². The molecule has 5 nitrogen and oxygen atoms in total. The molecule has 0 aliphatic carbocycles. The van der Waals surface area contributed by atoms with Crippen LogP contribution in [0, 0.1) is 0 Å². The van der Waals surface area contributed by atoms with Gasteiger partial charge in [0, 0.05) is 18.8 Å². The number of carbonyl (C=O) groups is 1. The van der Waals surface area contributed by atoms with Crippen molar-refractivity contribution in [1.29, 1.82) is 0 Å². The third kappa shape index (κ3) is 2.63. The lowest BCUT2D eigenvalue weighted by atomic mass is 10.2. The van der Waals surface area contributed by atoms with Crippen molar-refractivity contribution in [3.8, 4) is 5.75 Å². The van der Waals surface area contributed by atoms with Gasteiger partial charge < -0.3 is 4.74 Å². The highest BCUT2D eigenvalue weighted by Gasteiger charge is 2.19.